The summed E-state index contributed by atoms with van der Waals surface area (Å²) in [6.07, 6.45) is 5.92. The van der Waals surface area contributed by atoms with Crippen LogP contribution in [0.25, 0.3) is 0 Å². The molecule has 1 N–H and O–H groups in total. The van der Waals surface area contributed by atoms with Crippen LogP contribution in [0.5, 0.6) is 5.75 Å². The van der Waals surface area contributed by atoms with Gasteiger partial charge in [0.2, 0.25) is 0 Å². The van der Waals surface area contributed by atoms with Gasteiger partial charge < -0.3 is 5.11 Å². The second-order valence-corrected chi connectivity index (χ2v) is 3.23. The highest BCUT2D eigenvalue weighted by atomic mass is 16.3. The molecule has 0 amide bonds. The highest BCUT2D eigenvalue weighted by Crippen LogP contribution is 2.11. The first kappa shape index (κ1) is 11.2. The molecule has 2 nitrogen and oxygen atoms in total. The maximum atomic E-state index is 11.3. The largest absolute Gasteiger partial charge is 0.508 e. The first-order chi connectivity index (χ1) is 7.22. The predicted octanol–water partition coefficient (Wildman–Crippen LogP) is 2.64. The molecule has 0 radical (unpaired) electrons. The molecule has 1 aromatic rings. The quantitative estimate of drug-likeness (QED) is 0.588. The molecule has 1 aromatic carbocycles. The number of rotatable bonds is 5. The molecule has 0 saturated heterocycles. The van der Waals surface area contributed by atoms with Gasteiger partial charge in [0.1, 0.15) is 5.75 Å². The van der Waals surface area contributed by atoms with Crippen molar-refractivity contribution in [1.82, 2.24) is 0 Å². The summed E-state index contributed by atoms with van der Waals surface area (Å²) in [6.45, 7) is 3.49. The standard InChI is InChI=1S/C13H14O2/c1-2-3-4-12(14)8-5-11-6-9-13(15)10-7-11/h2-4,6-7,9-10,15H,1,5,8H2. The summed E-state index contributed by atoms with van der Waals surface area (Å²) < 4.78 is 0. The zero-order valence-electron chi connectivity index (χ0n) is 8.52. The van der Waals surface area contributed by atoms with Gasteiger partial charge in [-0.05, 0) is 30.2 Å². The summed E-state index contributed by atoms with van der Waals surface area (Å²) in [4.78, 5) is 11.3. The molecule has 0 aliphatic rings. The van der Waals surface area contributed by atoms with Gasteiger partial charge in [0, 0.05) is 6.42 Å². The van der Waals surface area contributed by atoms with Crippen molar-refractivity contribution in [2.45, 2.75) is 12.8 Å². The lowest BCUT2D eigenvalue weighted by molar-refractivity contribution is -0.114. The summed E-state index contributed by atoms with van der Waals surface area (Å²) >= 11 is 0. The Labute approximate surface area is 89.6 Å². The SMILES string of the molecule is C=CC=CC(=O)CCc1ccc(O)cc1. The van der Waals surface area contributed by atoms with E-state index in [0.29, 0.717) is 12.8 Å². The van der Waals surface area contributed by atoms with Crippen molar-refractivity contribution in [3.05, 3.63) is 54.6 Å². The number of benzene rings is 1. The summed E-state index contributed by atoms with van der Waals surface area (Å²) in [5.41, 5.74) is 1.05. The Morgan fingerprint density at radius 2 is 2.00 bits per heavy atom. The Balaban J connectivity index is 2.43. The van der Waals surface area contributed by atoms with Crippen LogP contribution in [0.1, 0.15) is 12.0 Å². The van der Waals surface area contributed by atoms with Gasteiger partial charge in [-0.15, -0.1) is 0 Å². The molecule has 0 unspecified atom stereocenters. The highest BCUT2D eigenvalue weighted by molar-refractivity contribution is 5.89. The van der Waals surface area contributed by atoms with Crippen LogP contribution in [0, 0.1) is 0 Å². The fourth-order valence-electron chi connectivity index (χ4n) is 1.19. The van der Waals surface area contributed by atoms with Crippen molar-refractivity contribution in [1.29, 1.82) is 0 Å². The summed E-state index contributed by atoms with van der Waals surface area (Å²) in [7, 11) is 0. The number of aromatic hydroxyl groups is 1. The fourth-order valence-corrected chi connectivity index (χ4v) is 1.19. The maximum Gasteiger partial charge on any atom is 0.156 e. The second-order valence-electron chi connectivity index (χ2n) is 3.23. The van der Waals surface area contributed by atoms with E-state index >= 15 is 0 Å². The van der Waals surface area contributed by atoms with E-state index in [9.17, 15) is 4.79 Å². The Morgan fingerprint density at radius 3 is 2.60 bits per heavy atom. The lowest BCUT2D eigenvalue weighted by Gasteiger charge is -1.98. The number of phenolic OH excluding ortho intramolecular Hbond substituents is 1. The van der Waals surface area contributed by atoms with Crippen LogP contribution in [0.15, 0.2) is 49.1 Å². The van der Waals surface area contributed by atoms with Crippen LogP contribution in [-0.4, -0.2) is 10.9 Å². The van der Waals surface area contributed by atoms with Gasteiger partial charge in [0.15, 0.2) is 5.78 Å². The number of hydrogen-bond acceptors (Lipinski definition) is 2. The van der Waals surface area contributed by atoms with Crippen molar-refractivity contribution < 1.29 is 9.90 Å². The van der Waals surface area contributed by atoms with E-state index in [2.05, 4.69) is 6.58 Å². The number of hydrogen-bond donors (Lipinski definition) is 1. The van der Waals surface area contributed by atoms with Gasteiger partial charge >= 0.3 is 0 Å². The maximum absolute atomic E-state index is 11.3. The minimum atomic E-state index is 0.0861. The summed E-state index contributed by atoms with van der Waals surface area (Å²) in [5.74, 6) is 0.333. The third-order valence-electron chi connectivity index (χ3n) is 2.01. The molecule has 0 aliphatic carbocycles. The van der Waals surface area contributed by atoms with E-state index in [1.807, 2.05) is 12.1 Å². The van der Waals surface area contributed by atoms with Gasteiger partial charge in [-0.2, -0.15) is 0 Å². The zero-order chi connectivity index (χ0) is 11.1. The first-order valence-corrected chi connectivity index (χ1v) is 4.82. The number of aryl methyl sites for hydroxylation is 1. The van der Waals surface area contributed by atoms with Gasteiger partial charge in [-0.3, -0.25) is 4.79 Å². The van der Waals surface area contributed by atoms with Gasteiger partial charge in [0.25, 0.3) is 0 Å². The van der Waals surface area contributed by atoms with E-state index in [1.165, 1.54) is 6.08 Å². The number of phenols is 1. The van der Waals surface area contributed by atoms with Crippen molar-refractivity contribution in [3.63, 3.8) is 0 Å². The van der Waals surface area contributed by atoms with E-state index in [-0.39, 0.29) is 11.5 Å². The van der Waals surface area contributed by atoms with Gasteiger partial charge in [0.05, 0.1) is 0 Å². The molecule has 0 heterocycles. The van der Waals surface area contributed by atoms with Crippen molar-refractivity contribution in [3.8, 4) is 5.75 Å². The third kappa shape index (κ3) is 4.27. The number of allylic oxidation sites excluding steroid dienone is 3. The molecule has 0 bridgehead atoms. The number of carbonyl (C=O) groups is 1. The van der Waals surface area contributed by atoms with E-state index < -0.39 is 0 Å². The summed E-state index contributed by atoms with van der Waals surface area (Å²) in [6, 6.07) is 6.89. The average molecular weight is 202 g/mol. The molecule has 2 heteroatoms. The molecule has 0 fully saturated rings. The number of carbonyl (C=O) groups excluding carboxylic acids is 1. The number of ketones is 1. The lowest BCUT2D eigenvalue weighted by atomic mass is 10.1. The van der Waals surface area contributed by atoms with Crippen LogP contribution in [-0.2, 0) is 11.2 Å². The van der Waals surface area contributed by atoms with Gasteiger partial charge in [-0.1, -0.05) is 30.9 Å². The van der Waals surface area contributed by atoms with E-state index in [0.717, 1.165) is 5.56 Å². The molecule has 15 heavy (non-hydrogen) atoms. The Hall–Kier alpha value is -1.83. The summed E-state index contributed by atoms with van der Waals surface area (Å²) in [5, 5.41) is 9.06. The average Bonchev–Trinajstić information content (AvgIpc) is 2.25. The second kappa shape index (κ2) is 5.81. The van der Waals surface area contributed by atoms with Crippen molar-refractivity contribution in [2.24, 2.45) is 0 Å². The molecule has 0 spiro atoms. The fraction of sp³-hybridized carbons (Fsp3) is 0.154. The van der Waals surface area contributed by atoms with Gasteiger partial charge in [-0.25, -0.2) is 0 Å². The Morgan fingerprint density at radius 1 is 1.33 bits per heavy atom. The van der Waals surface area contributed by atoms with Crippen LogP contribution >= 0.6 is 0 Å². The van der Waals surface area contributed by atoms with E-state index in [1.54, 1.807) is 24.3 Å². The molecule has 0 aromatic heterocycles. The molecule has 1 rings (SSSR count). The third-order valence-corrected chi connectivity index (χ3v) is 2.01. The first-order valence-electron chi connectivity index (χ1n) is 4.82. The van der Waals surface area contributed by atoms with Crippen molar-refractivity contribution in [2.75, 3.05) is 0 Å². The smallest absolute Gasteiger partial charge is 0.156 e. The van der Waals surface area contributed by atoms with Crippen LogP contribution in [0.4, 0.5) is 0 Å². The van der Waals surface area contributed by atoms with Crippen LogP contribution in [0.3, 0.4) is 0 Å². The zero-order valence-corrected chi connectivity index (χ0v) is 8.52. The molecular formula is C13H14O2. The Bertz CT molecular complexity index is 361. The van der Waals surface area contributed by atoms with E-state index in [4.69, 9.17) is 5.11 Å². The highest BCUT2D eigenvalue weighted by Gasteiger charge is 1.98. The monoisotopic (exact) mass is 202 g/mol. The molecule has 78 valence electrons. The topological polar surface area (TPSA) is 37.3 Å². The normalized spacial score (nSPS) is 10.4. The molecule has 0 atom stereocenters. The lowest BCUT2D eigenvalue weighted by Crippen LogP contribution is -1.95. The minimum absolute atomic E-state index is 0.0861. The van der Waals surface area contributed by atoms with Crippen LogP contribution in [0.2, 0.25) is 0 Å². The molecular weight excluding hydrogens is 188 g/mol. The molecule has 0 saturated carbocycles. The Kier molecular flexibility index (Phi) is 4.35. The molecule has 0 aliphatic heterocycles. The predicted molar refractivity (Wildman–Crippen MR) is 60.8 cm³/mol. The minimum Gasteiger partial charge on any atom is -0.508 e. The van der Waals surface area contributed by atoms with Crippen molar-refractivity contribution >= 4 is 5.78 Å². The van der Waals surface area contributed by atoms with Crippen LogP contribution < -0.4 is 0 Å².